The molecular weight excluding hydrogens is 317 g/mol. The van der Waals surface area contributed by atoms with Gasteiger partial charge in [-0.05, 0) is 19.1 Å². The van der Waals surface area contributed by atoms with Gasteiger partial charge in [-0.25, -0.2) is 4.98 Å². The number of aryl methyl sites for hydroxylation is 1. The van der Waals surface area contributed by atoms with Crippen LogP contribution in [0.5, 0.6) is 0 Å². The van der Waals surface area contributed by atoms with Crippen molar-refractivity contribution in [3.05, 3.63) is 36.3 Å². The van der Waals surface area contributed by atoms with Crippen LogP contribution in [-0.2, 0) is 6.54 Å². The molecule has 2 aromatic heterocycles. The molecule has 0 spiro atoms. The number of rotatable bonds is 5. The number of amides is 1. The van der Waals surface area contributed by atoms with Gasteiger partial charge in [-0.3, -0.25) is 9.48 Å². The molecule has 0 bridgehead atoms. The van der Waals surface area contributed by atoms with Crippen LogP contribution < -0.4 is 5.32 Å². The number of alkyl halides is 3. The molecule has 0 aliphatic heterocycles. The summed E-state index contributed by atoms with van der Waals surface area (Å²) in [5.41, 5.74) is 0.761. The minimum Gasteiger partial charge on any atom is -0.319 e. The van der Waals surface area contributed by atoms with E-state index in [1.165, 1.54) is 24.5 Å². The van der Waals surface area contributed by atoms with Crippen LogP contribution in [0.2, 0.25) is 0 Å². The third-order valence-corrected chi connectivity index (χ3v) is 3.59. The van der Waals surface area contributed by atoms with Crippen LogP contribution in [0.15, 0.2) is 35.7 Å². The SMILES string of the molecule is CCn1cc(NC(=O)c2ccnc(SCC(F)(F)F)c2)cn1. The number of carbonyl (C=O) groups excluding carboxylic acids is 1. The summed E-state index contributed by atoms with van der Waals surface area (Å²) in [6.07, 6.45) is 0.197. The van der Waals surface area contributed by atoms with E-state index >= 15 is 0 Å². The predicted molar refractivity (Wildman–Crippen MR) is 76.9 cm³/mol. The number of pyridine rings is 1. The Morgan fingerprint density at radius 2 is 2.23 bits per heavy atom. The van der Waals surface area contributed by atoms with Crippen molar-refractivity contribution in [3.8, 4) is 0 Å². The average Bonchev–Trinajstić information content (AvgIpc) is 2.92. The highest BCUT2D eigenvalue weighted by molar-refractivity contribution is 7.99. The lowest BCUT2D eigenvalue weighted by Gasteiger charge is -2.07. The number of halogens is 3. The first-order valence-electron chi connectivity index (χ1n) is 6.37. The normalized spacial score (nSPS) is 11.5. The minimum atomic E-state index is -4.28. The van der Waals surface area contributed by atoms with E-state index in [4.69, 9.17) is 0 Å². The third-order valence-electron chi connectivity index (χ3n) is 2.60. The first-order chi connectivity index (χ1) is 10.4. The maximum absolute atomic E-state index is 12.2. The predicted octanol–water partition coefficient (Wildman–Crippen LogP) is 3.20. The Morgan fingerprint density at radius 1 is 1.45 bits per heavy atom. The zero-order valence-corrected chi connectivity index (χ0v) is 12.4. The van der Waals surface area contributed by atoms with Gasteiger partial charge in [0.25, 0.3) is 5.91 Å². The number of anilines is 1. The third kappa shape index (κ3) is 4.76. The molecule has 0 unspecified atom stereocenters. The zero-order valence-electron chi connectivity index (χ0n) is 11.6. The van der Waals surface area contributed by atoms with Gasteiger partial charge in [-0.15, -0.1) is 0 Å². The number of nitrogens with zero attached hydrogens (tertiary/aromatic N) is 3. The molecule has 9 heteroatoms. The van der Waals surface area contributed by atoms with Gasteiger partial charge < -0.3 is 5.32 Å². The van der Waals surface area contributed by atoms with Crippen molar-refractivity contribution < 1.29 is 18.0 Å². The quantitative estimate of drug-likeness (QED) is 0.855. The molecule has 0 atom stereocenters. The first-order valence-corrected chi connectivity index (χ1v) is 7.35. The van der Waals surface area contributed by atoms with Crippen LogP contribution in [0, 0.1) is 0 Å². The standard InChI is InChI=1S/C13H13F3N4OS/c1-2-20-7-10(6-18-20)19-12(21)9-3-4-17-11(5-9)22-8-13(14,15)16/h3-7H,2,8H2,1H3,(H,19,21). The van der Waals surface area contributed by atoms with E-state index in [1.807, 2.05) is 6.92 Å². The molecule has 1 N–H and O–H groups in total. The fourth-order valence-corrected chi connectivity index (χ4v) is 2.25. The largest absolute Gasteiger partial charge is 0.398 e. The van der Waals surface area contributed by atoms with Crippen molar-refractivity contribution >= 4 is 23.4 Å². The Kier molecular flexibility index (Phi) is 5.07. The van der Waals surface area contributed by atoms with Gasteiger partial charge in [0, 0.05) is 24.5 Å². The summed E-state index contributed by atoms with van der Waals surface area (Å²) < 4.78 is 38.2. The van der Waals surface area contributed by atoms with Crippen molar-refractivity contribution in [2.45, 2.75) is 24.7 Å². The second-order valence-corrected chi connectivity index (χ2v) is 5.32. The van der Waals surface area contributed by atoms with Crippen molar-refractivity contribution in [2.24, 2.45) is 0 Å². The van der Waals surface area contributed by atoms with Gasteiger partial charge in [-0.2, -0.15) is 18.3 Å². The Bertz CT molecular complexity index is 657. The summed E-state index contributed by atoms with van der Waals surface area (Å²) in [4.78, 5) is 15.9. The van der Waals surface area contributed by atoms with E-state index in [2.05, 4.69) is 15.4 Å². The summed E-state index contributed by atoms with van der Waals surface area (Å²) in [5, 5.41) is 6.79. The summed E-state index contributed by atoms with van der Waals surface area (Å²) in [6, 6.07) is 2.77. The maximum Gasteiger partial charge on any atom is 0.398 e. The molecule has 2 aromatic rings. The number of aromatic nitrogens is 3. The number of thioether (sulfide) groups is 1. The monoisotopic (exact) mass is 330 g/mol. The van der Waals surface area contributed by atoms with Crippen LogP contribution in [0.3, 0.4) is 0 Å². The topological polar surface area (TPSA) is 59.8 Å². The van der Waals surface area contributed by atoms with E-state index in [0.29, 0.717) is 24.0 Å². The fraction of sp³-hybridized carbons (Fsp3) is 0.308. The number of carbonyl (C=O) groups is 1. The molecule has 0 aromatic carbocycles. The second kappa shape index (κ2) is 6.82. The molecule has 0 saturated carbocycles. The van der Waals surface area contributed by atoms with E-state index < -0.39 is 17.8 Å². The van der Waals surface area contributed by atoms with Crippen molar-refractivity contribution in [2.75, 3.05) is 11.1 Å². The molecule has 0 saturated heterocycles. The lowest BCUT2D eigenvalue weighted by Crippen LogP contribution is -2.13. The molecule has 2 rings (SSSR count). The zero-order chi connectivity index (χ0) is 16.2. The summed E-state index contributed by atoms with van der Waals surface area (Å²) in [5.74, 6) is -1.47. The van der Waals surface area contributed by atoms with E-state index in [1.54, 1.807) is 10.9 Å². The van der Waals surface area contributed by atoms with Crippen molar-refractivity contribution in [3.63, 3.8) is 0 Å². The molecule has 118 valence electrons. The van der Waals surface area contributed by atoms with E-state index in [9.17, 15) is 18.0 Å². The lowest BCUT2D eigenvalue weighted by atomic mass is 10.2. The molecule has 0 fully saturated rings. The molecule has 5 nitrogen and oxygen atoms in total. The van der Waals surface area contributed by atoms with Crippen molar-refractivity contribution in [1.82, 2.24) is 14.8 Å². The Hall–Kier alpha value is -2.03. The maximum atomic E-state index is 12.2. The average molecular weight is 330 g/mol. The van der Waals surface area contributed by atoms with Crippen LogP contribution >= 0.6 is 11.8 Å². The Morgan fingerprint density at radius 3 is 2.86 bits per heavy atom. The van der Waals surface area contributed by atoms with E-state index in [0.717, 1.165) is 0 Å². The number of nitrogens with one attached hydrogen (secondary N) is 1. The lowest BCUT2D eigenvalue weighted by molar-refractivity contribution is -0.105. The number of hydrogen-bond donors (Lipinski definition) is 1. The van der Waals surface area contributed by atoms with Gasteiger partial charge in [0.1, 0.15) is 0 Å². The van der Waals surface area contributed by atoms with Gasteiger partial charge >= 0.3 is 6.18 Å². The Balaban J connectivity index is 2.03. The first kappa shape index (κ1) is 16.3. The minimum absolute atomic E-state index is 0.147. The van der Waals surface area contributed by atoms with Gasteiger partial charge in [0.2, 0.25) is 0 Å². The summed E-state index contributed by atoms with van der Waals surface area (Å²) in [6.45, 7) is 2.58. The van der Waals surface area contributed by atoms with Gasteiger partial charge in [0.15, 0.2) is 0 Å². The summed E-state index contributed by atoms with van der Waals surface area (Å²) in [7, 11) is 0. The number of hydrogen-bond acceptors (Lipinski definition) is 4. The molecule has 0 radical (unpaired) electrons. The van der Waals surface area contributed by atoms with Crippen LogP contribution in [-0.4, -0.2) is 32.6 Å². The highest BCUT2D eigenvalue weighted by Gasteiger charge is 2.27. The second-order valence-electron chi connectivity index (χ2n) is 4.33. The fourth-order valence-electron chi connectivity index (χ4n) is 1.59. The van der Waals surface area contributed by atoms with Crippen LogP contribution in [0.4, 0.5) is 18.9 Å². The Labute approximate surface area is 128 Å². The molecule has 22 heavy (non-hydrogen) atoms. The molecule has 0 aliphatic carbocycles. The highest BCUT2D eigenvalue weighted by Crippen LogP contribution is 2.26. The smallest absolute Gasteiger partial charge is 0.319 e. The summed E-state index contributed by atoms with van der Waals surface area (Å²) >= 11 is 0.540. The van der Waals surface area contributed by atoms with Gasteiger partial charge in [0.05, 0.1) is 22.7 Å². The molecule has 0 aliphatic rings. The van der Waals surface area contributed by atoms with Crippen LogP contribution in [0.25, 0.3) is 0 Å². The molecule has 1 amide bonds. The molecule has 2 heterocycles. The highest BCUT2D eigenvalue weighted by atomic mass is 32.2. The van der Waals surface area contributed by atoms with Gasteiger partial charge in [-0.1, -0.05) is 11.8 Å². The van der Waals surface area contributed by atoms with Crippen LogP contribution in [0.1, 0.15) is 17.3 Å². The van der Waals surface area contributed by atoms with Crippen molar-refractivity contribution in [1.29, 1.82) is 0 Å². The van der Waals surface area contributed by atoms with E-state index in [-0.39, 0.29) is 10.6 Å². The molecular formula is C13H13F3N4OS.